The van der Waals surface area contributed by atoms with Crippen LogP contribution in [0.3, 0.4) is 0 Å². The van der Waals surface area contributed by atoms with Gasteiger partial charge in [0.25, 0.3) is 0 Å². The van der Waals surface area contributed by atoms with Crippen LogP contribution in [0.15, 0.2) is 30.5 Å². The van der Waals surface area contributed by atoms with Gasteiger partial charge in [0.15, 0.2) is 0 Å². The van der Waals surface area contributed by atoms with E-state index in [-0.39, 0.29) is 24.5 Å². The number of carbonyl (C=O) groups is 3. The molecule has 2 fully saturated rings. The van der Waals surface area contributed by atoms with E-state index < -0.39 is 11.6 Å². The molecule has 0 bridgehead atoms. The summed E-state index contributed by atoms with van der Waals surface area (Å²) in [6.45, 7) is 7.19. The number of anilines is 1. The van der Waals surface area contributed by atoms with Crippen molar-refractivity contribution >= 4 is 34.6 Å². The third-order valence-corrected chi connectivity index (χ3v) is 5.29. The van der Waals surface area contributed by atoms with Crippen LogP contribution in [-0.2, 0) is 9.53 Å². The van der Waals surface area contributed by atoms with E-state index in [1.807, 2.05) is 51.2 Å². The second-order valence-electron chi connectivity index (χ2n) is 8.56. The molecule has 2 saturated heterocycles. The maximum atomic E-state index is 12.4. The van der Waals surface area contributed by atoms with Crippen molar-refractivity contribution < 1.29 is 19.1 Å². The summed E-state index contributed by atoms with van der Waals surface area (Å²) < 4.78 is 7.66. The highest BCUT2D eigenvalue weighted by atomic mass is 16.6. The number of fused-ring (bicyclic) bond motifs is 1. The summed E-state index contributed by atoms with van der Waals surface area (Å²) in [5.41, 5.74) is 1.28. The van der Waals surface area contributed by atoms with Crippen LogP contribution in [0.1, 0.15) is 39.7 Å². The minimum Gasteiger partial charge on any atom is -0.444 e. The van der Waals surface area contributed by atoms with Gasteiger partial charge in [-0.25, -0.2) is 9.59 Å². The maximum absolute atomic E-state index is 12.4. The van der Waals surface area contributed by atoms with Crippen molar-refractivity contribution in [2.24, 2.45) is 0 Å². The van der Waals surface area contributed by atoms with Crippen LogP contribution in [0.2, 0.25) is 0 Å². The molecule has 2 aromatic rings. The summed E-state index contributed by atoms with van der Waals surface area (Å²) in [5, 5.41) is 3.33. The zero-order valence-corrected chi connectivity index (χ0v) is 17.0. The van der Waals surface area contributed by atoms with Crippen LogP contribution in [-0.4, -0.2) is 52.7 Å². The van der Waals surface area contributed by atoms with Gasteiger partial charge in [0.2, 0.25) is 5.91 Å². The van der Waals surface area contributed by atoms with E-state index in [4.69, 9.17) is 4.74 Å². The number of nitrogens with zero attached hydrogens (tertiary/aromatic N) is 3. The predicted octanol–water partition coefficient (Wildman–Crippen LogP) is 3.27. The summed E-state index contributed by atoms with van der Waals surface area (Å²) in [4.78, 5) is 39.5. The Bertz CT molecular complexity index is 975. The van der Waals surface area contributed by atoms with Gasteiger partial charge in [0, 0.05) is 37.6 Å². The lowest BCUT2D eigenvalue weighted by Gasteiger charge is -2.27. The van der Waals surface area contributed by atoms with Gasteiger partial charge in [-0.1, -0.05) is 6.07 Å². The van der Waals surface area contributed by atoms with Gasteiger partial charge >= 0.3 is 12.1 Å². The summed E-state index contributed by atoms with van der Waals surface area (Å²) in [5.74, 6) is -0.246. The van der Waals surface area contributed by atoms with Crippen molar-refractivity contribution in [1.29, 1.82) is 0 Å². The number of amides is 4. The average molecular weight is 398 g/mol. The molecule has 29 heavy (non-hydrogen) atoms. The number of imide groups is 1. The van der Waals surface area contributed by atoms with E-state index >= 15 is 0 Å². The Morgan fingerprint density at radius 1 is 1.17 bits per heavy atom. The standard InChI is InChI=1S/C21H26N4O4/c1-21(2,3)29-20(28)23-10-7-14(13-23)24-11-8-15-16(24)5-4-6-17(15)25-12-9-18(26)22-19(25)27/h4-6,8,11,14H,7,9-10,12-13H2,1-3H3,(H,22,26,27)/t14-/m0/s1. The third-order valence-electron chi connectivity index (χ3n) is 5.29. The van der Waals surface area contributed by atoms with E-state index in [0.29, 0.717) is 19.6 Å². The molecule has 0 aliphatic carbocycles. The van der Waals surface area contributed by atoms with Gasteiger partial charge in [-0.05, 0) is 45.4 Å². The van der Waals surface area contributed by atoms with Crippen molar-refractivity contribution in [3.63, 3.8) is 0 Å². The molecular weight excluding hydrogens is 372 g/mol. The number of hydrogen-bond acceptors (Lipinski definition) is 4. The smallest absolute Gasteiger partial charge is 0.410 e. The number of rotatable bonds is 2. The summed E-state index contributed by atoms with van der Waals surface area (Å²) in [6, 6.07) is 7.57. The maximum Gasteiger partial charge on any atom is 0.410 e. The van der Waals surface area contributed by atoms with Crippen molar-refractivity contribution in [2.75, 3.05) is 24.5 Å². The first kappa shape index (κ1) is 19.3. The molecule has 8 heteroatoms. The fourth-order valence-corrected chi connectivity index (χ4v) is 3.98. The van der Waals surface area contributed by atoms with E-state index in [1.165, 1.54) is 0 Å². The highest BCUT2D eigenvalue weighted by Gasteiger charge is 2.32. The molecule has 0 saturated carbocycles. The monoisotopic (exact) mass is 398 g/mol. The molecule has 1 atom stereocenters. The van der Waals surface area contributed by atoms with Crippen molar-refractivity contribution in [3.8, 4) is 0 Å². The lowest BCUT2D eigenvalue weighted by atomic mass is 10.1. The molecule has 154 valence electrons. The van der Waals surface area contributed by atoms with Gasteiger partial charge in [0.05, 0.1) is 17.2 Å². The zero-order valence-electron chi connectivity index (χ0n) is 17.0. The summed E-state index contributed by atoms with van der Waals surface area (Å²) in [7, 11) is 0. The van der Waals surface area contributed by atoms with Crippen LogP contribution in [0.25, 0.3) is 10.9 Å². The lowest BCUT2D eigenvalue weighted by Crippen LogP contribution is -2.49. The molecule has 8 nitrogen and oxygen atoms in total. The van der Waals surface area contributed by atoms with E-state index in [2.05, 4.69) is 9.88 Å². The molecule has 0 radical (unpaired) electrons. The second kappa shape index (κ2) is 7.09. The fourth-order valence-electron chi connectivity index (χ4n) is 3.98. The largest absolute Gasteiger partial charge is 0.444 e. The fraction of sp³-hybridized carbons (Fsp3) is 0.476. The van der Waals surface area contributed by atoms with E-state index in [1.54, 1.807) is 9.80 Å². The van der Waals surface area contributed by atoms with Gasteiger partial charge < -0.3 is 14.2 Å². The molecule has 1 aromatic heterocycles. The number of urea groups is 1. The van der Waals surface area contributed by atoms with Gasteiger partial charge in [-0.15, -0.1) is 0 Å². The number of aromatic nitrogens is 1. The topological polar surface area (TPSA) is 83.9 Å². The predicted molar refractivity (Wildman–Crippen MR) is 109 cm³/mol. The first-order valence-electron chi connectivity index (χ1n) is 9.92. The van der Waals surface area contributed by atoms with Gasteiger partial charge in [-0.2, -0.15) is 0 Å². The average Bonchev–Trinajstić information content (AvgIpc) is 3.27. The molecule has 0 spiro atoms. The highest BCUT2D eigenvalue weighted by molar-refractivity contribution is 6.09. The number of likely N-dealkylation sites (tertiary alicyclic amines) is 1. The Kier molecular flexibility index (Phi) is 4.72. The van der Waals surface area contributed by atoms with Crippen LogP contribution >= 0.6 is 0 Å². The van der Waals surface area contributed by atoms with Crippen LogP contribution < -0.4 is 10.2 Å². The third kappa shape index (κ3) is 3.79. The number of hydrogen-bond donors (Lipinski definition) is 1. The van der Waals surface area contributed by atoms with Crippen molar-refractivity contribution in [3.05, 3.63) is 30.5 Å². The minimum atomic E-state index is -0.513. The zero-order chi connectivity index (χ0) is 20.8. The van der Waals surface area contributed by atoms with E-state index in [0.717, 1.165) is 23.0 Å². The first-order chi connectivity index (χ1) is 13.7. The Hall–Kier alpha value is -3.03. The summed E-state index contributed by atoms with van der Waals surface area (Å²) in [6.07, 6.45) is 2.85. The van der Waals surface area contributed by atoms with Gasteiger partial charge in [-0.3, -0.25) is 15.0 Å². The molecule has 2 aliphatic rings. The molecule has 1 aromatic carbocycles. The normalized spacial score (nSPS) is 20.3. The Balaban J connectivity index is 1.57. The minimum absolute atomic E-state index is 0.145. The molecule has 4 amide bonds. The molecule has 0 unspecified atom stereocenters. The molecule has 2 aliphatic heterocycles. The molecule has 1 N–H and O–H groups in total. The van der Waals surface area contributed by atoms with Crippen molar-refractivity contribution in [2.45, 2.75) is 45.3 Å². The Labute approximate surface area is 169 Å². The highest BCUT2D eigenvalue weighted by Crippen LogP contribution is 2.33. The number of ether oxygens (including phenoxy) is 1. The first-order valence-corrected chi connectivity index (χ1v) is 9.92. The number of nitrogens with one attached hydrogen (secondary N) is 1. The van der Waals surface area contributed by atoms with Crippen LogP contribution in [0, 0.1) is 0 Å². The Morgan fingerprint density at radius 2 is 1.97 bits per heavy atom. The molecule has 3 heterocycles. The SMILES string of the molecule is CC(C)(C)OC(=O)N1CC[C@H](n2ccc3c(N4CCC(=O)NC4=O)cccc32)C1. The van der Waals surface area contributed by atoms with E-state index in [9.17, 15) is 14.4 Å². The van der Waals surface area contributed by atoms with Gasteiger partial charge in [0.1, 0.15) is 5.60 Å². The van der Waals surface area contributed by atoms with Crippen LogP contribution in [0.4, 0.5) is 15.3 Å². The summed E-state index contributed by atoms with van der Waals surface area (Å²) >= 11 is 0. The van der Waals surface area contributed by atoms with Crippen LogP contribution in [0.5, 0.6) is 0 Å². The second-order valence-corrected chi connectivity index (χ2v) is 8.56. The quantitative estimate of drug-likeness (QED) is 0.842. The van der Waals surface area contributed by atoms with Crippen molar-refractivity contribution in [1.82, 2.24) is 14.8 Å². The molecular formula is C21H26N4O4. The number of carbonyl (C=O) groups excluding carboxylic acids is 3. The Morgan fingerprint density at radius 3 is 2.69 bits per heavy atom. The molecule has 4 rings (SSSR count). The number of benzene rings is 1. The lowest BCUT2D eigenvalue weighted by molar-refractivity contribution is -0.120.